The zero-order valence-electron chi connectivity index (χ0n) is 23.3. The molecule has 0 fully saturated rings. The van der Waals surface area contributed by atoms with Crippen molar-refractivity contribution in [2.45, 2.75) is 33.1 Å². The summed E-state index contributed by atoms with van der Waals surface area (Å²) in [4.78, 5) is 32.7. The van der Waals surface area contributed by atoms with Gasteiger partial charge in [-0.15, -0.1) is 24.8 Å². The van der Waals surface area contributed by atoms with E-state index in [2.05, 4.69) is 22.5 Å². The first-order valence-electron chi connectivity index (χ1n) is 12.6. The maximum atomic E-state index is 13.5. The summed E-state index contributed by atoms with van der Waals surface area (Å²) in [5.74, 6) is 2.44. The van der Waals surface area contributed by atoms with Crippen LogP contribution in [-0.4, -0.2) is 50.3 Å². The van der Waals surface area contributed by atoms with Crippen LogP contribution in [0.25, 0.3) is 21.7 Å². The number of carbonyl (C=O) groups excluding carboxylic acids is 1. The second-order valence-corrected chi connectivity index (χ2v) is 9.06. The average molecular weight is 592 g/mol. The summed E-state index contributed by atoms with van der Waals surface area (Å²) in [6, 6.07) is 11.5. The zero-order chi connectivity index (χ0) is 27.2. The van der Waals surface area contributed by atoms with Crippen LogP contribution in [0.15, 0.2) is 41.2 Å². The molecular weight excluding hydrogens is 555 g/mol. The predicted octanol–water partition coefficient (Wildman–Crippen LogP) is 5.04. The molecule has 40 heavy (non-hydrogen) atoms. The molecule has 4 rings (SSSR count). The molecule has 2 heterocycles. The number of pyridine rings is 2. The molecule has 3 N–H and O–H groups in total. The molecule has 2 aromatic heterocycles. The number of aryl methyl sites for hydroxylation is 1. The van der Waals surface area contributed by atoms with E-state index >= 15 is 0 Å². The molecule has 216 valence electrons. The highest BCUT2D eigenvalue weighted by Crippen LogP contribution is 2.35. The number of hydrogen-bond donors (Lipinski definition) is 3. The van der Waals surface area contributed by atoms with Crippen molar-refractivity contribution in [1.29, 1.82) is 0 Å². The Morgan fingerprint density at radius 3 is 2.27 bits per heavy atom. The van der Waals surface area contributed by atoms with Gasteiger partial charge in [0.2, 0.25) is 5.91 Å². The smallest absolute Gasteiger partial charge is 0.252 e. The lowest BCUT2D eigenvalue weighted by Crippen LogP contribution is -2.26. The number of aromatic nitrogens is 2. The number of aromatic amines is 1. The highest BCUT2D eigenvalue weighted by atomic mass is 35.5. The number of hydrogen-bond acceptors (Lipinski definition) is 7. The number of nitrogens with zero attached hydrogens (tertiary/aromatic N) is 1. The largest absolute Gasteiger partial charge is 0.497 e. The van der Waals surface area contributed by atoms with Crippen molar-refractivity contribution in [3.8, 4) is 17.2 Å². The SMILES string of the molecule is CCCc1[nH]c(=O)c(Cc2cc3cc(OC)ccc3nc2NCCNC(C)=O)c2cc(OC)c(OC)cc12.Cl.Cl. The molecule has 0 aliphatic heterocycles. The van der Waals surface area contributed by atoms with Crippen molar-refractivity contribution in [2.24, 2.45) is 0 Å². The van der Waals surface area contributed by atoms with Gasteiger partial charge in [-0.25, -0.2) is 4.98 Å². The summed E-state index contributed by atoms with van der Waals surface area (Å²) in [5, 5.41) is 8.75. The van der Waals surface area contributed by atoms with Crippen molar-refractivity contribution < 1.29 is 19.0 Å². The van der Waals surface area contributed by atoms with Gasteiger partial charge in [0.25, 0.3) is 5.56 Å². The minimum absolute atomic E-state index is 0. The zero-order valence-corrected chi connectivity index (χ0v) is 24.9. The Bertz CT molecular complexity index is 1540. The number of rotatable bonds is 11. The Labute approximate surface area is 245 Å². The van der Waals surface area contributed by atoms with E-state index in [0.29, 0.717) is 42.4 Å². The van der Waals surface area contributed by atoms with Crippen molar-refractivity contribution >= 4 is 58.2 Å². The molecule has 0 spiro atoms. The second kappa shape index (κ2) is 14.6. The van der Waals surface area contributed by atoms with Crippen molar-refractivity contribution in [2.75, 3.05) is 39.7 Å². The number of nitrogens with one attached hydrogen (secondary N) is 3. The number of H-pyrrole nitrogens is 1. The third-order valence-corrected chi connectivity index (χ3v) is 6.47. The number of carbonyl (C=O) groups is 1. The van der Waals surface area contributed by atoms with Crippen LogP contribution in [0, 0.1) is 0 Å². The normalized spacial score (nSPS) is 10.4. The van der Waals surface area contributed by atoms with Gasteiger partial charge in [-0.1, -0.05) is 13.3 Å². The standard InChI is InChI=1S/C29H34N4O5.2ClH/c1-6-7-25-22-16-27(38-5)26(37-4)15-21(22)23(29(35)33-25)14-19-12-18-13-20(36-3)8-9-24(18)32-28(19)31-11-10-30-17(2)34;;/h8-9,12-13,15-16H,6-7,10-11,14H2,1-5H3,(H,30,34)(H,31,32)(H,33,35);2*1H. The number of fused-ring (bicyclic) bond motifs is 2. The average Bonchev–Trinajstić information content (AvgIpc) is 2.92. The minimum atomic E-state index is -0.150. The van der Waals surface area contributed by atoms with E-state index in [-0.39, 0.29) is 36.3 Å². The van der Waals surface area contributed by atoms with Gasteiger partial charge in [-0.3, -0.25) is 9.59 Å². The molecule has 0 radical (unpaired) electrons. The van der Waals surface area contributed by atoms with Crippen LogP contribution >= 0.6 is 24.8 Å². The van der Waals surface area contributed by atoms with E-state index in [9.17, 15) is 9.59 Å². The number of amides is 1. The van der Waals surface area contributed by atoms with Gasteiger partial charge in [0.1, 0.15) is 11.6 Å². The molecular formula is C29H36Cl2N4O5. The Morgan fingerprint density at radius 2 is 1.65 bits per heavy atom. The lowest BCUT2D eigenvalue weighted by molar-refractivity contribution is -0.118. The topological polar surface area (TPSA) is 115 Å². The number of ether oxygens (including phenoxy) is 3. The summed E-state index contributed by atoms with van der Waals surface area (Å²) in [6.07, 6.45) is 1.95. The van der Waals surface area contributed by atoms with Crippen LogP contribution < -0.4 is 30.4 Å². The fourth-order valence-corrected chi connectivity index (χ4v) is 4.63. The van der Waals surface area contributed by atoms with E-state index in [1.54, 1.807) is 21.3 Å². The Balaban J connectivity index is 0.00000280. The summed E-state index contributed by atoms with van der Waals surface area (Å²) >= 11 is 0. The van der Waals surface area contributed by atoms with Gasteiger partial charge in [0.15, 0.2) is 11.5 Å². The van der Waals surface area contributed by atoms with E-state index < -0.39 is 0 Å². The number of methoxy groups -OCH3 is 3. The van der Waals surface area contributed by atoms with Gasteiger partial charge in [0.05, 0.1) is 26.8 Å². The Morgan fingerprint density at radius 1 is 0.950 bits per heavy atom. The van der Waals surface area contributed by atoms with Crippen LogP contribution in [0.3, 0.4) is 0 Å². The van der Waals surface area contributed by atoms with E-state index in [1.165, 1.54) is 6.92 Å². The van der Waals surface area contributed by atoms with Gasteiger partial charge in [-0.2, -0.15) is 0 Å². The molecule has 0 saturated heterocycles. The maximum Gasteiger partial charge on any atom is 0.252 e. The molecule has 0 aliphatic rings. The first kappa shape index (κ1) is 32.5. The third-order valence-electron chi connectivity index (χ3n) is 6.47. The number of benzene rings is 2. The highest BCUT2D eigenvalue weighted by Gasteiger charge is 2.18. The van der Waals surface area contributed by atoms with Crippen LogP contribution in [0.1, 0.15) is 37.1 Å². The molecule has 9 nitrogen and oxygen atoms in total. The van der Waals surface area contributed by atoms with E-state index in [4.69, 9.17) is 19.2 Å². The van der Waals surface area contributed by atoms with Gasteiger partial charge < -0.3 is 29.8 Å². The molecule has 0 saturated carbocycles. The molecule has 1 amide bonds. The van der Waals surface area contributed by atoms with Crippen LogP contribution in [-0.2, 0) is 17.6 Å². The van der Waals surface area contributed by atoms with Crippen molar-refractivity contribution in [3.05, 3.63) is 63.6 Å². The Hall–Kier alpha value is -3.69. The van der Waals surface area contributed by atoms with Crippen molar-refractivity contribution in [1.82, 2.24) is 15.3 Å². The fourth-order valence-electron chi connectivity index (χ4n) is 4.63. The van der Waals surface area contributed by atoms with Gasteiger partial charge >= 0.3 is 0 Å². The molecule has 0 aliphatic carbocycles. The Kier molecular flexibility index (Phi) is 11.9. The van der Waals surface area contributed by atoms with Crippen molar-refractivity contribution in [3.63, 3.8) is 0 Å². The first-order chi connectivity index (χ1) is 18.4. The van der Waals surface area contributed by atoms with E-state index in [1.807, 2.05) is 36.4 Å². The predicted molar refractivity (Wildman–Crippen MR) is 164 cm³/mol. The molecule has 11 heteroatoms. The van der Waals surface area contributed by atoms with E-state index in [0.717, 1.165) is 51.5 Å². The lowest BCUT2D eigenvalue weighted by atomic mass is 9.96. The molecule has 0 unspecified atom stereocenters. The molecule has 0 atom stereocenters. The van der Waals surface area contributed by atoms with Crippen LogP contribution in [0.4, 0.5) is 5.82 Å². The van der Waals surface area contributed by atoms with Crippen LogP contribution in [0.2, 0.25) is 0 Å². The lowest BCUT2D eigenvalue weighted by Gasteiger charge is -2.17. The molecule has 4 aromatic rings. The molecule has 2 aromatic carbocycles. The summed E-state index contributed by atoms with van der Waals surface area (Å²) < 4.78 is 16.5. The fraction of sp³-hybridized carbons (Fsp3) is 0.345. The second-order valence-electron chi connectivity index (χ2n) is 9.06. The maximum absolute atomic E-state index is 13.5. The van der Waals surface area contributed by atoms with Gasteiger partial charge in [0, 0.05) is 48.5 Å². The van der Waals surface area contributed by atoms with Crippen LogP contribution in [0.5, 0.6) is 17.2 Å². The minimum Gasteiger partial charge on any atom is -0.497 e. The molecule has 0 bridgehead atoms. The monoisotopic (exact) mass is 590 g/mol. The third kappa shape index (κ3) is 7.08. The summed E-state index contributed by atoms with van der Waals surface area (Å²) in [7, 11) is 4.81. The summed E-state index contributed by atoms with van der Waals surface area (Å²) in [6.45, 7) is 4.49. The number of halogens is 2. The highest BCUT2D eigenvalue weighted by molar-refractivity contribution is 5.91. The van der Waals surface area contributed by atoms with Gasteiger partial charge in [-0.05, 0) is 53.8 Å². The number of anilines is 1. The summed E-state index contributed by atoms with van der Waals surface area (Å²) in [5.41, 5.74) is 2.96. The quantitative estimate of drug-likeness (QED) is 0.210. The first-order valence-corrected chi connectivity index (χ1v) is 12.6.